The summed E-state index contributed by atoms with van der Waals surface area (Å²) >= 11 is 7.04. The number of halogens is 2. The molecule has 2 N–H and O–H groups in total. The zero-order valence-corrected chi connectivity index (χ0v) is 10.9. The van der Waals surface area contributed by atoms with E-state index >= 15 is 0 Å². The molecule has 0 aliphatic carbocycles. The van der Waals surface area contributed by atoms with E-state index in [1.165, 1.54) is 5.69 Å². The minimum Gasteiger partial charge on any atom is -0.369 e. The third kappa shape index (κ3) is 2.12. The fourth-order valence-corrected chi connectivity index (χ4v) is 2.58. The second-order valence-electron chi connectivity index (χ2n) is 3.59. The quantitative estimate of drug-likeness (QED) is 0.862. The molecule has 2 nitrogen and oxygen atoms in total. The second kappa shape index (κ2) is 4.21. The monoisotopic (exact) mass is 318 g/mol. The molecule has 0 spiro atoms. The Hall–Kier alpha value is -0.0600. The van der Waals surface area contributed by atoms with Gasteiger partial charge in [0.2, 0.25) is 0 Å². The minimum atomic E-state index is 0.320. The Kier molecular flexibility index (Phi) is 3.14. The van der Waals surface area contributed by atoms with Gasteiger partial charge in [-0.05, 0) is 40.5 Å². The Bertz CT molecular complexity index is 341. The third-order valence-corrected chi connectivity index (χ3v) is 3.64. The van der Waals surface area contributed by atoms with Gasteiger partial charge in [-0.3, -0.25) is 0 Å². The van der Waals surface area contributed by atoms with Crippen molar-refractivity contribution in [3.63, 3.8) is 0 Å². The predicted octanol–water partition coefficient (Wildman–Crippen LogP) is 2.75. The molecule has 1 atom stereocenters. The Balaban J connectivity index is 2.27. The van der Waals surface area contributed by atoms with Crippen molar-refractivity contribution in [2.75, 3.05) is 18.0 Å². The lowest BCUT2D eigenvalue weighted by molar-refractivity contribution is 0.752. The molecular formula is C10H12Br2N2. The number of benzene rings is 1. The number of nitrogens with two attached hydrogens (primary N) is 1. The first-order valence-electron chi connectivity index (χ1n) is 4.62. The first-order valence-corrected chi connectivity index (χ1v) is 6.21. The number of hydrogen-bond donors (Lipinski definition) is 1. The lowest BCUT2D eigenvalue weighted by Crippen LogP contribution is -2.26. The van der Waals surface area contributed by atoms with Crippen LogP contribution in [0.15, 0.2) is 27.1 Å². The molecule has 1 heterocycles. The molecule has 0 amide bonds. The fraction of sp³-hybridized carbons (Fsp3) is 0.400. The summed E-state index contributed by atoms with van der Waals surface area (Å²) in [6.45, 7) is 2.01. The van der Waals surface area contributed by atoms with Crippen LogP contribution in [0.2, 0.25) is 0 Å². The van der Waals surface area contributed by atoms with Gasteiger partial charge in [-0.2, -0.15) is 0 Å². The van der Waals surface area contributed by atoms with Gasteiger partial charge < -0.3 is 10.6 Å². The first-order chi connectivity index (χ1) is 6.66. The minimum absolute atomic E-state index is 0.320. The van der Waals surface area contributed by atoms with Gasteiger partial charge in [-0.1, -0.05) is 15.9 Å². The van der Waals surface area contributed by atoms with E-state index in [-0.39, 0.29) is 0 Å². The molecular weight excluding hydrogens is 308 g/mol. The van der Waals surface area contributed by atoms with Gasteiger partial charge in [-0.25, -0.2) is 0 Å². The van der Waals surface area contributed by atoms with Gasteiger partial charge in [0.25, 0.3) is 0 Å². The summed E-state index contributed by atoms with van der Waals surface area (Å²) in [6, 6.07) is 6.54. The van der Waals surface area contributed by atoms with Crippen LogP contribution in [0.5, 0.6) is 0 Å². The summed E-state index contributed by atoms with van der Waals surface area (Å²) in [7, 11) is 0. The number of nitrogens with zero attached hydrogens (tertiary/aromatic N) is 1. The van der Waals surface area contributed by atoms with Crippen LogP contribution in [-0.4, -0.2) is 19.1 Å². The maximum Gasteiger partial charge on any atom is 0.0522 e. The zero-order valence-electron chi connectivity index (χ0n) is 7.71. The Morgan fingerprint density at radius 1 is 1.36 bits per heavy atom. The number of hydrogen-bond acceptors (Lipinski definition) is 2. The van der Waals surface area contributed by atoms with Gasteiger partial charge in [-0.15, -0.1) is 0 Å². The molecule has 76 valence electrons. The van der Waals surface area contributed by atoms with Crippen molar-refractivity contribution in [3.05, 3.63) is 27.1 Å². The Labute approximate surface area is 101 Å². The molecule has 1 aromatic carbocycles. The van der Waals surface area contributed by atoms with Crippen molar-refractivity contribution >= 4 is 37.5 Å². The highest BCUT2D eigenvalue weighted by molar-refractivity contribution is 9.11. The van der Waals surface area contributed by atoms with E-state index < -0.39 is 0 Å². The van der Waals surface area contributed by atoms with Crippen molar-refractivity contribution in [1.29, 1.82) is 0 Å². The molecule has 0 bridgehead atoms. The normalized spacial score (nSPS) is 21.6. The van der Waals surface area contributed by atoms with E-state index in [0.29, 0.717) is 6.04 Å². The largest absolute Gasteiger partial charge is 0.369 e. The van der Waals surface area contributed by atoms with E-state index in [1.54, 1.807) is 0 Å². The molecule has 1 fully saturated rings. The second-order valence-corrected chi connectivity index (χ2v) is 5.36. The standard InChI is InChI=1S/C10H12Br2N2/c11-7-1-2-9(12)10(5-7)14-4-3-8(13)6-14/h1-2,5,8H,3-4,6,13H2. The highest BCUT2D eigenvalue weighted by Gasteiger charge is 2.20. The van der Waals surface area contributed by atoms with Crippen molar-refractivity contribution < 1.29 is 0 Å². The van der Waals surface area contributed by atoms with Crippen LogP contribution in [0.25, 0.3) is 0 Å². The van der Waals surface area contributed by atoms with E-state index in [0.717, 1.165) is 28.5 Å². The third-order valence-electron chi connectivity index (χ3n) is 2.47. The first kappa shape index (κ1) is 10.5. The van der Waals surface area contributed by atoms with Crippen LogP contribution in [0.4, 0.5) is 5.69 Å². The van der Waals surface area contributed by atoms with Crippen LogP contribution in [0.3, 0.4) is 0 Å². The average Bonchev–Trinajstić information content (AvgIpc) is 2.56. The highest BCUT2D eigenvalue weighted by atomic mass is 79.9. The summed E-state index contributed by atoms with van der Waals surface area (Å²) in [6.07, 6.45) is 1.08. The van der Waals surface area contributed by atoms with Gasteiger partial charge in [0.1, 0.15) is 0 Å². The maximum atomic E-state index is 5.88. The molecule has 1 saturated heterocycles. The van der Waals surface area contributed by atoms with Crippen LogP contribution in [0.1, 0.15) is 6.42 Å². The topological polar surface area (TPSA) is 29.3 Å². The summed E-state index contributed by atoms with van der Waals surface area (Å²) in [5, 5.41) is 0. The van der Waals surface area contributed by atoms with E-state index in [9.17, 15) is 0 Å². The Morgan fingerprint density at radius 3 is 2.79 bits per heavy atom. The van der Waals surface area contributed by atoms with E-state index in [2.05, 4.69) is 48.9 Å². The summed E-state index contributed by atoms with van der Waals surface area (Å²) in [5.41, 5.74) is 7.11. The smallest absolute Gasteiger partial charge is 0.0522 e. The number of anilines is 1. The van der Waals surface area contributed by atoms with Gasteiger partial charge in [0, 0.05) is 28.1 Å². The molecule has 1 unspecified atom stereocenters. The molecule has 4 heteroatoms. The lowest BCUT2D eigenvalue weighted by Gasteiger charge is -2.19. The van der Waals surface area contributed by atoms with Gasteiger partial charge >= 0.3 is 0 Å². The molecule has 1 aliphatic heterocycles. The predicted molar refractivity (Wildman–Crippen MR) is 66.6 cm³/mol. The highest BCUT2D eigenvalue weighted by Crippen LogP contribution is 2.31. The van der Waals surface area contributed by atoms with Crippen LogP contribution >= 0.6 is 31.9 Å². The maximum absolute atomic E-state index is 5.88. The van der Waals surface area contributed by atoms with Gasteiger partial charge in [0.05, 0.1) is 5.69 Å². The number of rotatable bonds is 1. The summed E-state index contributed by atoms with van der Waals surface area (Å²) < 4.78 is 2.24. The molecule has 0 aromatic heterocycles. The van der Waals surface area contributed by atoms with E-state index in [4.69, 9.17) is 5.73 Å². The van der Waals surface area contributed by atoms with E-state index in [1.807, 2.05) is 6.07 Å². The molecule has 0 saturated carbocycles. The van der Waals surface area contributed by atoms with Crippen molar-refractivity contribution in [3.8, 4) is 0 Å². The van der Waals surface area contributed by atoms with Crippen LogP contribution in [0, 0.1) is 0 Å². The zero-order chi connectivity index (χ0) is 10.1. The lowest BCUT2D eigenvalue weighted by atomic mass is 10.3. The average molecular weight is 320 g/mol. The molecule has 0 radical (unpaired) electrons. The summed E-state index contributed by atoms with van der Waals surface area (Å²) in [4.78, 5) is 2.32. The van der Waals surface area contributed by atoms with Gasteiger partial charge in [0.15, 0.2) is 0 Å². The van der Waals surface area contributed by atoms with Crippen LogP contribution < -0.4 is 10.6 Å². The fourth-order valence-electron chi connectivity index (χ4n) is 1.73. The molecule has 1 aliphatic rings. The van der Waals surface area contributed by atoms with Crippen LogP contribution in [-0.2, 0) is 0 Å². The molecule has 1 aromatic rings. The molecule has 2 rings (SSSR count). The van der Waals surface area contributed by atoms with Crippen molar-refractivity contribution in [2.24, 2.45) is 5.73 Å². The molecule has 14 heavy (non-hydrogen) atoms. The van der Waals surface area contributed by atoms with Crippen molar-refractivity contribution in [1.82, 2.24) is 0 Å². The SMILES string of the molecule is NC1CCN(c2cc(Br)ccc2Br)C1. The van der Waals surface area contributed by atoms with Crippen molar-refractivity contribution in [2.45, 2.75) is 12.5 Å². The Morgan fingerprint density at radius 2 is 2.14 bits per heavy atom. The summed E-state index contributed by atoms with van der Waals surface area (Å²) in [5.74, 6) is 0.